The monoisotopic (exact) mass is 445 g/mol. The van der Waals surface area contributed by atoms with Crippen molar-refractivity contribution in [1.82, 2.24) is 10.3 Å². The van der Waals surface area contributed by atoms with Crippen molar-refractivity contribution in [1.29, 1.82) is 0 Å². The first-order chi connectivity index (χ1) is 13.4. The molecule has 5 nitrogen and oxygen atoms in total. The third-order valence-corrected chi connectivity index (χ3v) is 4.27. The molecule has 2 amide bonds. The van der Waals surface area contributed by atoms with E-state index in [0.29, 0.717) is 16.8 Å². The lowest BCUT2D eigenvalue weighted by atomic mass is 10.1. The Morgan fingerprint density at radius 3 is 2.32 bits per heavy atom. The van der Waals surface area contributed by atoms with Crippen LogP contribution in [0.2, 0.25) is 0 Å². The topological polar surface area (TPSA) is 71.1 Å². The second-order valence-corrected chi connectivity index (χ2v) is 6.73. The molecule has 3 aromatic rings. The molecule has 0 aliphatic heterocycles. The van der Waals surface area contributed by atoms with Gasteiger partial charge >= 0.3 is 0 Å². The minimum atomic E-state index is -0.956. The van der Waals surface area contributed by atoms with E-state index in [9.17, 15) is 18.4 Å². The average Bonchev–Trinajstić information content (AvgIpc) is 2.66. The van der Waals surface area contributed by atoms with Crippen molar-refractivity contribution < 1.29 is 18.4 Å². The highest BCUT2D eigenvalue weighted by atomic mass is 79.9. The lowest BCUT2D eigenvalue weighted by Crippen LogP contribution is -2.25. The van der Waals surface area contributed by atoms with Crippen LogP contribution in [0.5, 0.6) is 0 Å². The van der Waals surface area contributed by atoms with Crippen LogP contribution < -0.4 is 10.6 Å². The summed E-state index contributed by atoms with van der Waals surface area (Å²) in [6, 6.07) is 12.0. The van der Waals surface area contributed by atoms with E-state index in [1.165, 1.54) is 12.4 Å². The number of rotatable bonds is 5. The van der Waals surface area contributed by atoms with E-state index >= 15 is 0 Å². The van der Waals surface area contributed by atoms with Gasteiger partial charge in [-0.15, -0.1) is 0 Å². The molecule has 0 saturated heterocycles. The summed E-state index contributed by atoms with van der Waals surface area (Å²) in [5.74, 6) is -3.08. The van der Waals surface area contributed by atoms with Crippen molar-refractivity contribution in [2.45, 2.75) is 6.54 Å². The van der Waals surface area contributed by atoms with Crippen LogP contribution >= 0.6 is 15.9 Å². The number of pyridine rings is 1. The largest absolute Gasteiger partial charge is 0.348 e. The summed E-state index contributed by atoms with van der Waals surface area (Å²) >= 11 is 2.97. The predicted molar refractivity (Wildman–Crippen MR) is 104 cm³/mol. The molecule has 0 atom stereocenters. The lowest BCUT2D eigenvalue weighted by Gasteiger charge is -2.10. The number of amides is 2. The number of carbonyl (C=O) groups excluding carboxylic acids is 2. The molecule has 1 heterocycles. The molecule has 0 bridgehead atoms. The second kappa shape index (κ2) is 8.71. The molecular weight excluding hydrogens is 432 g/mol. The summed E-state index contributed by atoms with van der Waals surface area (Å²) in [5, 5.41) is 5.21. The van der Waals surface area contributed by atoms with Gasteiger partial charge in [0.15, 0.2) is 0 Å². The van der Waals surface area contributed by atoms with Crippen molar-refractivity contribution >= 4 is 33.4 Å². The molecule has 0 fully saturated rings. The minimum Gasteiger partial charge on any atom is -0.348 e. The standard InChI is InChI=1S/C20H14BrF2N3O2/c21-14-9-16(22)18(17(23)10-14)20(28)25-11-12-2-1-3-15(8-12)26-19(27)13-4-6-24-7-5-13/h1-10H,11H2,(H,25,28)(H,26,27). The number of nitrogens with one attached hydrogen (secondary N) is 2. The van der Waals surface area contributed by atoms with Crippen molar-refractivity contribution in [3.05, 3.63) is 93.7 Å². The zero-order chi connectivity index (χ0) is 20.1. The van der Waals surface area contributed by atoms with E-state index in [2.05, 4.69) is 31.5 Å². The molecule has 0 aliphatic rings. The Balaban J connectivity index is 1.67. The van der Waals surface area contributed by atoms with Gasteiger partial charge in [-0.05, 0) is 42.0 Å². The van der Waals surface area contributed by atoms with Gasteiger partial charge in [-0.1, -0.05) is 28.1 Å². The first kappa shape index (κ1) is 19.6. The number of hydrogen-bond donors (Lipinski definition) is 2. The van der Waals surface area contributed by atoms with E-state index in [1.807, 2.05) is 0 Å². The van der Waals surface area contributed by atoms with Gasteiger partial charge in [0.2, 0.25) is 0 Å². The smallest absolute Gasteiger partial charge is 0.257 e. The Kier molecular flexibility index (Phi) is 6.10. The zero-order valence-electron chi connectivity index (χ0n) is 14.4. The summed E-state index contributed by atoms with van der Waals surface area (Å²) in [6.07, 6.45) is 3.03. The number of benzene rings is 2. The van der Waals surface area contributed by atoms with Crippen LogP contribution in [0.3, 0.4) is 0 Å². The SMILES string of the molecule is O=C(Nc1cccc(CNC(=O)c2c(F)cc(Br)cc2F)c1)c1ccncc1. The van der Waals surface area contributed by atoms with E-state index in [4.69, 9.17) is 0 Å². The fourth-order valence-electron chi connectivity index (χ4n) is 2.50. The Hall–Kier alpha value is -3.13. The average molecular weight is 446 g/mol. The lowest BCUT2D eigenvalue weighted by molar-refractivity contribution is 0.0941. The Labute approximate surface area is 167 Å². The highest BCUT2D eigenvalue weighted by Gasteiger charge is 2.18. The molecule has 2 N–H and O–H groups in total. The third-order valence-electron chi connectivity index (χ3n) is 3.81. The van der Waals surface area contributed by atoms with Crippen molar-refractivity contribution in [2.75, 3.05) is 5.32 Å². The quantitative estimate of drug-likeness (QED) is 0.614. The van der Waals surface area contributed by atoms with Gasteiger partial charge in [-0.2, -0.15) is 0 Å². The first-order valence-corrected chi connectivity index (χ1v) is 8.96. The molecule has 8 heteroatoms. The summed E-state index contributed by atoms with van der Waals surface area (Å²) in [7, 11) is 0. The maximum atomic E-state index is 13.9. The van der Waals surface area contributed by atoms with E-state index in [1.54, 1.807) is 36.4 Å². The van der Waals surface area contributed by atoms with Crippen LogP contribution in [-0.4, -0.2) is 16.8 Å². The molecule has 28 heavy (non-hydrogen) atoms. The fraction of sp³-hybridized carbons (Fsp3) is 0.0500. The van der Waals surface area contributed by atoms with E-state index < -0.39 is 23.1 Å². The molecule has 0 saturated carbocycles. The molecule has 142 valence electrons. The van der Waals surface area contributed by atoms with E-state index in [-0.39, 0.29) is 16.9 Å². The number of anilines is 1. The van der Waals surface area contributed by atoms with Gasteiger partial charge in [0.1, 0.15) is 17.2 Å². The van der Waals surface area contributed by atoms with Crippen LogP contribution in [0.15, 0.2) is 65.4 Å². The highest BCUT2D eigenvalue weighted by molar-refractivity contribution is 9.10. The Morgan fingerprint density at radius 2 is 1.64 bits per heavy atom. The fourth-order valence-corrected chi connectivity index (χ4v) is 2.90. The van der Waals surface area contributed by atoms with E-state index in [0.717, 1.165) is 12.1 Å². The van der Waals surface area contributed by atoms with Gasteiger partial charge in [-0.25, -0.2) is 8.78 Å². The normalized spacial score (nSPS) is 10.4. The molecule has 2 aromatic carbocycles. The molecular formula is C20H14BrF2N3O2. The van der Waals surface area contributed by atoms with Crippen LogP contribution in [0.1, 0.15) is 26.3 Å². The summed E-state index contributed by atoms with van der Waals surface area (Å²) in [4.78, 5) is 28.2. The van der Waals surface area contributed by atoms with Crippen molar-refractivity contribution in [3.8, 4) is 0 Å². The summed E-state index contributed by atoms with van der Waals surface area (Å²) in [5.41, 5.74) is 0.980. The molecule has 3 rings (SSSR count). The molecule has 0 aliphatic carbocycles. The molecule has 0 unspecified atom stereocenters. The van der Waals surface area contributed by atoms with Gasteiger partial charge in [-0.3, -0.25) is 14.6 Å². The Morgan fingerprint density at radius 1 is 0.964 bits per heavy atom. The Bertz CT molecular complexity index is 1010. The first-order valence-electron chi connectivity index (χ1n) is 8.17. The number of aromatic nitrogens is 1. The van der Waals surface area contributed by atoms with Crippen LogP contribution in [0.25, 0.3) is 0 Å². The van der Waals surface area contributed by atoms with Gasteiger partial charge in [0, 0.05) is 34.7 Å². The number of halogens is 3. The maximum Gasteiger partial charge on any atom is 0.257 e. The van der Waals surface area contributed by atoms with Crippen molar-refractivity contribution in [3.63, 3.8) is 0 Å². The maximum absolute atomic E-state index is 13.9. The summed E-state index contributed by atoms with van der Waals surface area (Å²) < 4.78 is 28.0. The van der Waals surface area contributed by atoms with Gasteiger partial charge in [0.25, 0.3) is 11.8 Å². The number of carbonyl (C=O) groups is 2. The van der Waals surface area contributed by atoms with Crippen molar-refractivity contribution in [2.24, 2.45) is 0 Å². The van der Waals surface area contributed by atoms with Gasteiger partial charge < -0.3 is 10.6 Å². The minimum absolute atomic E-state index is 0.0345. The third kappa shape index (κ3) is 4.77. The zero-order valence-corrected chi connectivity index (χ0v) is 16.0. The number of hydrogen-bond acceptors (Lipinski definition) is 3. The predicted octanol–water partition coefficient (Wildman–Crippen LogP) is 4.30. The van der Waals surface area contributed by atoms with Crippen LogP contribution in [0.4, 0.5) is 14.5 Å². The van der Waals surface area contributed by atoms with Crippen LogP contribution in [0, 0.1) is 11.6 Å². The second-order valence-electron chi connectivity index (χ2n) is 5.82. The molecule has 1 aromatic heterocycles. The molecule has 0 radical (unpaired) electrons. The highest BCUT2D eigenvalue weighted by Crippen LogP contribution is 2.19. The summed E-state index contributed by atoms with van der Waals surface area (Å²) in [6.45, 7) is 0.0345. The van der Waals surface area contributed by atoms with Gasteiger partial charge in [0.05, 0.1) is 0 Å². The molecule has 0 spiro atoms. The number of nitrogens with zero attached hydrogens (tertiary/aromatic N) is 1. The van der Waals surface area contributed by atoms with Crippen LogP contribution in [-0.2, 0) is 6.54 Å².